The molecule has 1 aromatic rings. The molecule has 1 N–H and O–H groups in total. The summed E-state index contributed by atoms with van der Waals surface area (Å²) in [6.45, 7) is 4.10. The van der Waals surface area contributed by atoms with Crippen molar-refractivity contribution < 1.29 is 14.3 Å². The molecule has 0 saturated heterocycles. The molecule has 1 fully saturated rings. The van der Waals surface area contributed by atoms with Crippen LogP contribution in [0.4, 0.5) is 4.39 Å². The highest BCUT2D eigenvalue weighted by Gasteiger charge is 2.42. The predicted molar refractivity (Wildman–Crippen MR) is 81.8 cm³/mol. The van der Waals surface area contributed by atoms with Crippen molar-refractivity contribution in [2.75, 3.05) is 0 Å². The molecule has 1 aliphatic carbocycles. The van der Waals surface area contributed by atoms with Crippen LogP contribution in [0, 0.1) is 24.1 Å². The third-order valence-electron chi connectivity index (χ3n) is 5.05. The van der Waals surface area contributed by atoms with E-state index in [0.29, 0.717) is 25.2 Å². The quantitative estimate of drug-likeness (QED) is 0.851. The van der Waals surface area contributed by atoms with Gasteiger partial charge in [-0.15, -0.1) is 0 Å². The number of rotatable bonds is 5. The molecule has 21 heavy (non-hydrogen) atoms. The van der Waals surface area contributed by atoms with Crippen molar-refractivity contribution in [2.45, 2.75) is 58.8 Å². The molecule has 0 amide bonds. The first kappa shape index (κ1) is 16.0. The van der Waals surface area contributed by atoms with Crippen LogP contribution in [0.2, 0.25) is 0 Å². The second-order valence-electron chi connectivity index (χ2n) is 6.57. The fourth-order valence-electron chi connectivity index (χ4n) is 3.59. The van der Waals surface area contributed by atoms with Gasteiger partial charge in [0.1, 0.15) is 5.82 Å². The maximum Gasteiger partial charge on any atom is 0.309 e. The van der Waals surface area contributed by atoms with Crippen LogP contribution in [0.1, 0.15) is 56.6 Å². The Balaban J connectivity index is 2.17. The number of benzene rings is 1. The maximum absolute atomic E-state index is 13.4. The van der Waals surface area contributed by atoms with Crippen LogP contribution in [0.3, 0.4) is 0 Å². The zero-order valence-corrected chi connectivity index (χ0v) is 13.0. The van der Waals surface area contributed by atoms with Gasteiger partial charge in [-0.25, -0.2) is 4.39 Å². The molecule has 0 heterocycles. The van der Waals surface area contributed by atoms with Crippen LogP contribution in [-0.2, 0) is 11.2 Å². The van der Waals surface area contributed by atoms with Crippen molar-refractivity contribution in [3.05, 3.63) is 35.1 Å². The average molecular weight is 292 g/mol. The Bertz CT molecular complexity index is 502. The van der Waals surface area contributed by atoms with Crippen molar-refractivity contribution in [3.63, 3.8) is 0 Å². The zero-order valence-electron chi connectivity index (χ0n) is 13.0. The van der Waals surface area contributed by atoms with Gasteiger partial charge in [0.05, 0.1) is 5.41 Å². The first-order valence-electron chi connectivity index (χ1n) is 7.95. The third kappa shape index (κ3) is 3.63. The number of aryl methyl sites for hydroxylation is 1. The minimum atomic E-state index is -0.721. The van der Waals surface area contributed by atoms with Gasteiger partial charge in [-0.2, -0.15) is 0 Å². The van der Waals surface area contributed by atoms with Gasteiger partial charge in [-0.3, -0.25) is 4.79 Å². The molecule has 3 heteroatoms. The highest BCUT2D eigenvalue weighted by atomic mass is 19.1. The molecule has 0 spiro atoms. The summed E-state index contributed by atoms with van der Waals surface area (Å²) in [6.07, 6.45) is 6.18. The Morgan fingerprint density at radius 1 is 1.38 bits per heavy atom. The molecule has 0 atom stereocenters. The molecular formula is C18H25FO2. The molecule has 0 aliphatic heterocycles. The Morgan fingerprint density at radius 3 is 2.62 bits per heavy atom. The Labute approximate surface area is 126 Å². The lowest BCUT2D eigenvalue weighted by molar-refractivity contribution is -0.151. The number of carboxylic acid groups (broad SMARTS) is 1. The van der Waals surface area contributed by atoms with Gasteiger partial charge in [0.2, 0.25) is 0 Å². The Kier molecular flexibility index (Phi) is 5.02. The standard InChI is InChI=1S/C18H25FO2/c1-3-4-14-7-9-18(10-8-14,17(20)21)12-15-11-16(19)6-5-13(15)2/h5-6,11,14H,3-4,7-10,12H2,1-2H3,(H,20,21). The number of carbonyl (C=O) groups is 1. The van der Waals surface area contributed by atoms with Crippen LogP contribution >= 0.6 is 0 Å². The summed E-state index contributed by atoms with van der Waals surface area (Å²) in [5.41, 5.74) is 1.11. The van der Waals surface area contributed by atoms with Crippen LogP contribution < -0.4 is 0 Å². The highest BCUT2D eigenvalue weighted by molar-refractivity contribution is 5.75. The number of aliphatic carboxylic acids is 1. The van der Waals surface area contributed by atoms with Gasteiger partial charge in [0.15, 0.2) is 0 Å². The molecule has 0 unspecified atom stereocenters. The highest BCUT2D eigenvalue weighted by Crippen LogP contribution is 2.43. The topological polar surface area (TPSA) is 37.3 Å². The lowest BCUT2D eigenvalue weighted by Gasteiger charge is -2.37. The maximum atomic E-state index is 13.4. The van der Waals surface area contributed by atoms with Crippen LogP contribution in [-0.4, -0.2) is 11.1 Å². The minimum absolute atomic E-state index is 0.282. The number of carboxylic acids is 1. The second kappa shape index (κ2) is 6.59. The molecule has 1 aliphatic rings. The summed E-state index contributed by atoms with van der Waals surface area (Å²) in [5.74, 6) is -0.340. The van der Waals surface area contributed by atoms with E-state index >= 15 is 0 Å². The van der Waals surface area contributed by atoms with Crippen LogP contribution in [0.15, 0.2) is 18.2 Å². The van der Waals surface area contributed by atoms with E-state index in [0.717, 1.165) is 30.4 Å². The Hall–Kier alpha value is -1.38. The SMILES string of the molecule is CCCC1CCC(Cc2cc(F)ccc2C)(C(=O)O)CC1. The number of hydrogen-bond donors (Lipinski definition) is 1. The fourth-order valence-corrected chi connectivity index (χ4v) is 3.59. The van der Waals surface area contributed by atoms with Gasteiger partial charge in [0, 0.05) is 0 Å². The summed E-state index contributed by atoms with van der Waals surface area (Å²) in [7, 11) is 0. The molecule has 2 nitrogen and oxygen atoms in total. The molecule has 1 aromatic carbocycles. The summed E-state index contributed by atoms with van der Waals surface area (Å²) in [4.78, 5) is 11.8. The molecule has 0 aromatic heterocycles. The largest absolute Gasteiger partial charge is 0.481 e. The Morgan fingerprint density at radius 2 is 2.05 bits per heavy atom. The second-order valence-corrected chi connectivity index (χ2v) is 6.57. The lowest BCUT2D eigenvalue weighted by atomic mass is 9.66. The van der Waals surface area contributed by atoms with Gasteiger partial charge < -0.3 is 5.11 Å². The van der Waals surface area contributed by atoms with E-state index in [1.54, 1.807) is 6.07 Å². The summed E-state index contributed by atoms with van der Waals surface area (Å²) in [5, 5.41) is 9.73. The lowest BCUT2D eigenvalue weighted by Crippen LogP contribution is -2.37. The molecule has 0 radical (unpaired) electrons. The summed E-state index contributed by atoms with van der Waals surface area (Å²) >= 11 is 0. The first-order valence-corrected chi connectivity index (χ1v) is 7.95. The van der Waals surface area contributed by atoms with E-state index < -0.39 is 11.4 Å². The van der Waals surface area contributed by atoms with E-state index in [-0.39, 0.29) is 5.82 Å². The van der Waals surface area contributed by atoms with E-state index in [4.69, 9.17) is 0 Å². The predicted octanol–water partition coefficient (Wildman–Crippen LogP) is 4.74. The monoisotopic (exact) mass is 292 g/mol. The van der Waals surface area contributed by atoms with Crippen molar-refractivity contribution in [1.29, 1.82) is 0 Å². The normalized spacial score (nSPS) is 25.8. The van der Waals surface area contributed by atoms with E-state index in [1.807, 2.05) is 6.92 Å². The van der Waals surface area contributed by atoms with Crippen molar-refractivity contribution >= 4 is 5.97 Å². The van der Waals surface area contributed by atoms with Crippen LogP contribution in [0.5, 0.6) is 0 Å². The molecule has 2 rings (SSSR count). The first-order chi connectivity index (χ1) is 9.97. The van der Waals surface area contributed by atoms with Crippen molar-refractivity contribution in [1.82, 2.24) is 0 Å². The zero-order chi connectivity index (χ0) is 15.5. The van der Waals surface area contributed by atoms with Crippen LogP contribution in [0.25, 0.3) is 0 Å². The molecule has 0 bridgehead atoms. The summed E-state index contributed by atoms with van der Waals surface area (Å²) < 4.78 is 13.4. The van der Waals surface area contributed by atoms with Crippen molar-refractivity contribution in [2.24, 2.45) is 11.3 Å². The smallest absolute Gasteiger partial charge is 0.309 e. The number of halogens is 1. The molecule has 116 valence electrons. The van der Waals surface area contributed by atoms with E-state index in [2.05, 4.69) is 6.92 Å². The molecular weight excluding hydrogens is 267 g/mol. The third-order valence-corrected chi connectivity index (χ3v) is 5.05. The van der Waals surface area contributed by atoms with Gasteiger partial charge in [-0.1, -0.05) is 25.8 Å². The van der Waals surface area contributed by atoms with E-state index in [1.165, 1.54) is 18.6 Å². The fraction of sp³-hybridized carbons (Fsp3) is 0.611. The van der Waals surface area contributed by atoms with Gasteiger partial charge in [0.25, 0.3) is 0 Å². The summed E-state index contributed by atoms with van der Waals surface area (Å²) in [6, 6.07) is 4.67. The van der Waals surface area contributed by atoms with E-state index in [9.17, 15) is 14.3 Å². The number of hydrogen-bond acceptors (Lipinski definition) is 1. The van der Waals surface area contributed by atoms with Gasteiger partial charge >= 0.3 is 5.97 Å². The molecule has 1 saturated carbocycles. The van der Waals surface area contributed by atoms with Gasteiger partial charge in [-0.05, 0) is 68.2 Å². The minimum Gasteiger partial charge on any atom is -0.481 e. The average Bonchev–Trinajstić information content (AvgIpc) is 2.45. The van der Waals surface area contributed by atoms with Crippen molar-refractivity contribution in [3.8, 4) is 0 Å².